The number of hydrogen-bond acceptors (Lipinski definition) is 2. The summed E-state index contributed by atoms with van der Waals surface area (Å²) < 4.78 is 0. The van der Waals surface area contributed by atoms with Crippen molar-refractivity contribution in [3.05, 3.63) is 71.2 Å². The molecule has 2 heterocycles. The smallest absolute Gasteiger partial charge is 0.253 e. The largest absolute Gasteiger partial charge is 0.357 e. The van der Waals surface area contributed by atoms with Gasteiger partial charge < -0.3 is 14.8 Å². The van der Waals surface area contributed by atoms with Crippen LogP contribution in [0.1, 0.15) is 52.1 Å². The number of nitrogens with zero attached hydrogens (tertiary/aromatic N) is 2. The fourth-order valence-electron chi connectivity index (χ4n) is 3.71. The Bertz CT molecular complexity index is 931. The van der Waals surface area contributed by atoms with E-state index in [9.17, 15) is 4.79 Å². The Kier molecular flexibility index (Phi) is 4.42. The number of amides is 1. The van der Waals surface area contributed by atoms with E-state index in [1.54, 1.807) is 19.0 Å². The van der Waals surface area contributed by atoms with Crippen molar-refractivity contribution in [2.24, 2.45) is 5.92 Å². The molecule has 1 saturated carbocycles. The second-order valence-corrected chi connectivity index (χ2v) is 7.94. The van der Waals surface area contributed by atoms with Gasteiger partial charge in [-0.3, -0.25) is 4.79 Å². The minimum atomic E-state index is 0.0220. The number of rotatable bonds is 5. The third-order valence-corrected chi connectivity index (χ3v) is 5.46. The van der Waals surface area contributed by atoms with Crippen LogP contribution in [0.15, 0.2) is 43.1 Å². The Labute approximate surface area is 161 Å². The molecule has 4 heteroatoms. The number of hydrogen-bond donors (Lipinski definition) is 1. The van der Waals surface area contributed by atoms with Crippen LogP contribution in [-0.2, 0) is 0 Å². The van der Waals surface area contributed by atoms with Gasteiger partial charge in [0.1, 0.15) is 0 Å². The Morgan fingerprint density at radius 1 is 1.30 bits per heavy atom. The van der Waals surface area contributed by atoms with Gasteiger partial charge in [0.15, 0.2) is 0 Å². The Hall–Kier alpha value is -2.75. The fourth-order valence-corrected chi connectivity index (χ4v) is 3.71. The Morgan fingerprint density at radius 3 is 2.78 bits per heavy atom. The first-order chi connectivity index (χ1) is 12.9. The zero-order valence-corrected chi connectivity index (χ0v) is 16.4. The lowest BCUT2D eigenvalue weighted by Gasteiger charge is -2.29. The summed E-state index contributed by atoms with van der Waals surface area (Å²) in [4.78, 5) is 19.8. The Morgan fingerprint density at radius 2 is 2.07 bits per heavy atom. The number of fused-ring (bicyclic) bond motifs is 1. The van der Waals surface area contributed by atoms with E-state index in [0.717, 1.165) is 46.2 Å². The third-order valence-electron chi connectivity index (χ3n) is 5.46. The summed E-state index contributed by atoms with van der Waals surface area (Å²) in [6, 6.07) is 10.1. The zero-order chi connectivity index (χ0) is 19.1. The van der Waals surface area contributed by atoms with Crippen LogP contribution < -0.4 is 0 Å². The summed E-state index contributed by atoms with van der Waals surface area (Å²) in [5.41, 5.74) is 7.32. The highest BCUT2D eigenvalue weighted by atomic mass is 16.2. The van der Waals surface area contributed by atoms with Crippen molar-refractivity contribution < 1.29 is 4.79 Å². The number of carbonyl (C=O) groups is 1. The van der Waals surface area contributed by atoms with E-state index in [-0.39, 0.29) is 5.91 Å². The van der Waals surface area contributed by atoms with Gasteiger partial charge in [0.2, 0.25) is 0 Å². The average molecular weight is 361 g/mol. The molecule has 0 bridgehead atoms. The summed E-state index contributed by atoms with van der Waals surface area (Å²) in [6.45, 7) is 7.40. The number of aromatic amines is 1. The molecule has 4 nitrogen and oxygen atoms in total. The molecule has 140 valence electrons. The van der Waals surface area contributed by atoms with E-state index < -0.39 is 0 Å². The lowest BCUT2D eigenvalue weighted by molar-refractivity contribution is 0.0827. The Balaban J connectivity index is 1.74. The molecule has 0 atom stereocenters. The molecule has 2 aliphatic rings. The third kappa shape index (κ3) is 3.44. The van der Waals surface area contributed by atoms with Crippen LogP contribution in [0.3, 0.4) is 0 Å². The van der Waals surface area contributed by atoms with Crippen molar-refractivity contribution in [2.45, 2.75) is 26.2 Å². The number of H-pyrrole nitrogens is 1. The van der Waals surface area contributed by atoms with E-state index in [2.05, 4.69) is 41.7 Å². The van der Waals surface area contributed by atoms with Gasteiger partial charge in [0.05, 0.1) is 11.4 Å². The summed E-state index contributed by atoms with van der Waals surface area (Å²) in [5, 5.41) is 0. The van der Waals surface area contributed by atoms with Gasteiger partial charge in [0, 0.05) is 49.2 Å². The minimum absolute atomic E-state index is 0.0220. The van der Waals surface area contributed by atoms with Crippen LogP contribution >= 0.6 is 0 Å². The maximum atomic E-state index is 12.4. The predicted octanol–water partition coefficient (Wildman–Crippen LogP) is 4.50. The number of carbonyl (C=O) groups excluding carboxylic acids is 1. The molecule has 0 spiro atoms. The van der Waals surface area contributed by atoms with Gasteiger partial charge in [-0.1, -0.05) is 31.6 Å². The monoisotopic (exact) mass is 361 g/mol. The molecule has 1 aromatic carbocycles. The molecule has 2 aromatic rings. The van der Waals surface area contributed by atoms with Gasteiger partial charge in [-0.05, 0) is 43.0 Å². The number of benzene rings is 1. The molecule has 0 saturated heterocycles. The second-order valence-electron chi connectivity index (χ2n) is 7.94. The molecule has 4 rings (SSSR count). The maximum absolute atomic E-state index is 12.4. The van der Waals surface area contributed by atoms with Gasteiger partial charge in [0.25, 0.3) is 5.91 Å². The van der Waals surface area contributed by atoms with Crippen molar-refractivity contribution in [2.75, 3.05) is 20.6 Å². The van der Waals surface area contributed by atoms with E-state index >= 15 is 0 Å². The molecular formula is C23H27N3O. The minimum Gasteiger partial charge on any atom is -0.357 e. The van der Waals surface area contributed by atoms with E-state index in [4.69, 9.17) is 0 Å². The van der Waals surface area contributed by atoms with Crippen LogP contribution in [0.2, 0.25) is 0 Å². The van der Waals surface area contributed by atoms with Crippen LogP contribution in [0.25, 0.3) is 11.3 Å². The van der Waals surface area contributed by atoms with Crippen molar-refractivity contribution in [3.63, 3.8) is 0 Å². The second kappa shape index (κ2) is 6.76. The quantitative estimate of drug-likeness (QED) is 0.852. The van der Waals surface area contributed by atoms with Gasteiger partial charge in [-0.25, -0.2) is 0 Å². The molecule has 1 aliphatic heterocycles. The van der Waals surface area contributed by atoms with Gasteiger partial charge in [-0.2, -0.15) is 0 Å². The molecule has 27 heavy (non-hydrogen) atoms. The first kappa shape index (κ1) is 17.7. The summed E-state index contributed by atoms with van der Waals surface area (Å²) in [7, 11) is 3.57. The van der Waals surface area contributed by atoms with Crippen LogP contribution in [0.5, 0.6) is 0 Å². The fraction of sp³-hybridized carbons (Fsp3) is 0.348. The molecule has 1 amide bonds. The normalized spacial score (nSPS) is 16.2. The number of aromatic nitrogens is 1. The van der Waals surface area contributed by atoms with Gasteiger partial charge in [-0.15, -0.1) is 0 Å². The molecule has 1 N–H and O–H groups in total. The van der Waals surface area contributed by atoms with Crippen LogP contribution in [0.4, 0.5) is 0 Å². The predicted molar refractivity (Wildman–Crippen MR) is 110 cm³/mol. The first-order valence-electron chi connectivity index (χ1n) is 9.64. The topological polar surface area (TPSA) is 39.3 Å². The molecular weight excluding hydrogens is 334 g/mol. The van der Waals surface area contributed by atoms with Crippen molar-refractivity contribution in [1.82, 2.24) is 14.8 Å². The van der Waals surface area contributed by atoms with Crippen molar-refractivity contribution >= 4 is 17.2 Å². The lowest BCUT2D eigenvalue weighted by atomic mass is 9.93. The van der Waals surface area contributed by atoms with Crippen LogP contribution in [-0.4, -0.2) is 41.3 Å². The summed E-state index contributed by atoms with van der Waals surface area (Å²) in [5.74, 6) is 0.899. The summed E-state index contributed by atoms with van der Waals surface area (Å²) >= 11 is 0. The standard InChI is InChI=1S/C23H27N3O/c1-15-12-20-21(18-6-5-7-19(13-18)23(27)25(3)4)14-26(11-10-17-8-9-17)16(2)22(20)24-15/h5-7,12-14,17,24H,2,8-11H2,1,3-4H3. The molecule has 1 aromatic heterocycles. The van der Waals surface area contributed by atoms with E-state index in [0.29, 0.717) is 5.56 Å². The lowest BCUT2D eigenvalue weighted by Crippen LogP contribution is -2.23. The number of aryl methyl sites for hydroxylation is 1. The number of nitrogens with one attached hydrogen (secondary N) is 1. The maximum Gasteiger partial charge on any atom is 0.253 e. The van der Waals surface area contributed by atoms with Crippen molar-refractivity contribution in [3.8, 4) is 0 Å². The average Bonchev–Trinajstić information content (AvgIpc) is 3.40. The zero-order valence-electron chi connectivity index (χ0n) is 16.4. The van der Waals surface area contributed by atoms with Gasteiger partial charge >= 0.3 is 0 Å². The van der Waals surface area contributed by atoms with E-state index in [1.807, 2.05) is 18.2 Å². The highest BCUT2D eigenvalue weighted by molar-refractivity contribution is 5.96. The molecule has 1 fully saturated rings. The summed E-state index contributed by atoms with van der Waals surface area (Å²) in [6.07, 6.45) is 6.13. The SMILES string of the molecule is C=C1c2[nH]c(C)cc2C(c2cccc(C(=O)N(C)C)c2)=CN1CCC1CC1. The van der Waals surface area contributed by atoms with E-state index in [1.165, 1.54) is 19.3 Å². The van der Waals surface area contributed by atoms with Crippen LogP contribution in [0, 0.1) is 12.8 Å². The molecule has 1 aliphatic carbocycles. The molecule has 0 radical (unpaired) electrons. The highest BCUT2D eigenvalue weighted by Gasteiger charge is 2.27. The first-order valence-corrected chi connectivity index (χ1v) is 9.64. The highest BCUT2D eigenvalue weighted by Crippen LogP contribution is 2.39. The van der Waals surface area contributed by atoms with Crippen molar-refractivity contribution in [1.29, 1.82) is 0 Å². The molecule has 0 unspecified atom stereocenters.